The second-order valence-electron chi connectivity index (χ2n) is 4.30. The predicted octanol–water partition coefficient (Wildman–Crippen LogP) is 2.54. The second-order valence-corrected chi connectivity index (χ2v) is 5.60. The van der Waals surface area contributed by atoms with Crippen LogP contribution in [-0.2, 0) is 4.74 Å². The number of nitrogens with one attached hydrogen (secondary N) is 2. The van der Waals surface area contributed by atoms with Crippen molar-refractivity contribution in [3.8, 4) is 0 Å². The molecule has 108 valence electrons. The van der Waals surface area contributed by atoms with Crippen LogP contribution in [0.1, 0.15) is 24.9 Å². The smallest absolute Gasteiger partial charge is 0.413 e. The highest BCUT2D eigenvalue weighted by atomic mass is 32.2. The van der Waals surface area contributed by atoms with Gasteiger partial charge in [-0.15, -0.1) is 11.8 Å². The number of thioether (sulfide) groups is 1. The molecule has 1 aromatic rings. The van der Waals surface area contributed by atoms with Crippen LogP contribution in [0.3, 0.4) is 0 Å². The molecule has 5 nitrogen and oxygen atoms in total. The SMILES string of the molecule is CCSc1ccccc1C1CCNC(NC(=O)OC)=N1. The number of benzene rings is 1. The van der Waals surface area contributed by atoms with Gasteiger partial charge >= 0.3 is 6.09 Å². The Morgan fingerprint density at radius 1 is 1.55 bits per heavy atom. The summed E-state index contributed by atoms with van der Waals surface area (Å²) < 4.78 is 4.58. The van der Waals surface area contributed by atoms with E-state index in [1.807, 2.05) is 23.9 Å². The molecule has 0 aliphatic carbocycles. The molecule has 1 aliphatic heterocycles. The van der Waals surface area contributed by atoms with Crippen molar-refractivity contribution in [2.45, 2.75) is 24.3 Å². The molecule has 0 bridgehead atoms. The van der Waals surface area contributed by atoms with Crippen LogP contribution >= 0.6 is 11.8 Å². The molecule has 0 spiro atoms. The monoisotopic (exact) mass is 293 g/mol. The number of guanidine groups is 1. The summed E-state index contributed by atoms with van der Waals surface area (Å²) in [6.07, 6.45) is 0.404. The van der Waals surface area contributed by atoms with Gasteiger partial charge in [0.25, 0.3) is 0 Å². The Morgan fingerprint density at radius 2 is 2.35 bits per heavy atom. The van der Waals surface area contributed by atoms with E-state index in [4.69, 9.17) is 0 Å². The fourth-order valence-corrected chi connectivity index (χ4v) is 2.94. The molecule has 1 unspecified atom stereocenters. The Bertz CT molecular complexity index is 505. The highest BCUT2D eigenvalue weighted by Gasteiger charge is 2.20. The zero-order valence-electron chi connectivity index (χ0n) is 11.7. The summed E-state index contributed by atoms with van der Waals surface area (Å²) >= 11 is 1.81. The Labute approximate surface area is 123 Å². The van der Waals surface area contributed by atoms with Crippen molar-refractivity contribution in [1.29, 1.82) is 0 Å². The standard InChI is InChI=1S/C14H19N3O2S/c1-3-20-12-7-5-4-6-10(12)11-8-9-15-13(16-11)17-14(18)19-2/h4-7,11H,3,8-9H2,1-2H3,(H2,15,16,17,18). The van der Waals surface area contributed by atoms with E-state index < -0.39 is 6.09 Å². The number of rotatable bonds is 3. The predicted molar refractivity (Wildman–Crippen MR) is 81.2 cm³/mol. The van der Waals surface area contributed by atoms with Crippen LogP contribution in [-0.4, -0.2) is 31.5 Å². The van der Waals surface area contributed by atoms with E-state index >= 15 is 0 Å². The van der Waals surface area contributed by atoms with Gasteiger partial charge in [-0.3, -0.25) is 5.32 Å². The Balaban J connectivity index is 2.19. The fraction of sp³-hybridized carbons (Fsp3) is 0.429. The van der Waals surface area contributed by atoms with Gasteiger partial charge in [-0.05, 0) is 23.8 Å². The van der Waals surface area contributed by atoms with Crippen molar-refractivity contribution in [1.82, 2.24) is 10.6 Å². The van der Waals surface area contributed by atoms with Gasteiger partial charge < -0.3 is 10.1 Å². The van der Waals surface area contributed by atoms with Crippen LogP contribution in [0.25, 0.3) is 0 Å². The normalized spacial score (nSPS) is 17.9. The molecule has 1 heterocycles. The molecule has 2 rings (SSSR count). The summed E-state index contributed by atoms with van der Waals surface area (Å²) in [4.78, 5) is 17.1. The topological polar surface area (TPSA) is 62.7 Å². The van der Waals surface area contributed by atoms with Crippen molar-refractivity contribution in [3.63, 3.8) is 0 Å². The zero-order valence-corrected chi connectivity index (χ0v) is 12.5. The molecule has 2 N–H and O–H groups in total. The summed E-state index contributed by atoms with van der Waals surface area (Å²) in [6, 6.07) is 8.36. The number of carbonyl (C=O) groups is 1. The number of alkyl carbamates (subject to hydrolysis) is 1. The van der Waals surface area contributed by atoms with E-state index in [-0.39, 0.29) is 6.04 Å². The van der Waals surface area contributed by atoms with Crippen LogP contribution in [0.2, 0.25) is 0 Å². The average Bonchev–Trinajstić information content (AvgIpc) is 2.48. The summed E-state index contributed by atoms with van der Waals surface area (Å²) in [5.74, 6) is 1.50. The van der Waals surface area contributed by atoms with E-state index in [1.165, 1.54) is 17.6 Å². The van der Waals surface area contributed by atoms with Crippen molar-refractivity contribution in [2.75, 3.05) is 19.4 Å². The number of hydrogen-bond acceptors (Lipinski definition) is 5. The molecule has 0 radical (unpaired) electrons. The largest absolute Gasteiger partial charge is 0.453 e. The average molecular weight is 293 g/mol. The van der Waals surface area contributed by atoms with Crippen LogP contribution in [0.15, 0.2) is 34.2 Å². The minimum atomic E-state index is -0.506. The molecule has 0 saturated carbocycles. The lowest BCUT2D eigenvalue weighted by molar-refractivity contribution is 0.176. The van der Waals surface area contributed by atoms with Crippen LogP contribution in [0.4, 0.5) is 4.79 Å². The lowest BCUT2D eigenvalue weighted by Gasteiger charge is -2.23. The first-order valence-electron chi connectivity index (χ1n) is 6.63. The molecule has 0 fully saturated rings. The summed E-state index contributed by atoms with van der Waals surface area (Å²) in [6.45, 7) is 2.91. The minimum absolute atomic E-state index is 0.0682. The molecule has 0 aromatic heterocycles. The van der Waals surface area contributed by atoms with Gasteiger partial charge in [0, 0.05) is 11.4 Å². The molecular weight excluding hydrogens is 274 g/mol. The zero-order chi connectivity index (χ0) is 14.4. The highest BCUT2D eigenvalue weighted by Crippen LogP contribution is 2.32. The van der Waals surface area contributed by atoms with E-state index in [9.17, 15) is 4.79 Å². The second kappa shape index (κ2) is 7.19. The highest BCUT2D eigenvalue weighted by molar-refractivity contribution is 7.99. The lowest BCUT2D eigenvalue weighted by atomic mass is 10.0. The maximum absolute atomic E-state index is 11.2. The molecule has 20 heavy (non-hydrogen) atoms. The van der Waals surface area contributed by atoms with Crippen molar-refractivity contribution < 1.29 is 9.53 Å². The summed E-state index contributed by atoms with van der Waals surface area (Å²) in [5.41, 5.74) is 1.21. The Kier molecular flexibility index (Phi) is 5.29. The van der Waals surface area contributed by atoms with Gasteiger partial charge in [0.05, 0.1) is 13.2 Å². The summed E-state index contributed by atoms with van der Waals surface area (Å²) in [5, 5.41) is 5.66. The van der Waals surface area contributed by atoms with Crippen molar-refractivity contribution in [2.24, 2.45) is 4.99 Å². The number of ether oxygens (including phenoxy) is 1. The first kappa shape index (κ1) is 14.7. The fourth-order valence-electron chi connectivity index (χ4n) is 2.09. The van der Waals surface area contributed by atoms with E-state index in [2.05, 4.69) is 39.4 Å². The number of aliphatic imine (C=N–C) groups is 1. The Hall–Kier alpha value is -1.69. The molecular formula is C14H19N3O2S. The summed E-state index contributed by atoms with van der Waals surface area (Å²) in [7, 11) is 1.34. The first-order chi connectivity index (χ1) is 9.74. The Morgan fingerprint density at radius 3 is 3.10 bits per heavy atom. The molecule has 1 amide bonds. The molecule has 1 aliphatic rings. The van der Waals surface area contributed by atoms with Gasteiger partial charge in [-0.2, -0.15) is 0 Å². The van der Waals surface area contributed by atoms with E-state index in [0.29, 0.717) is 5.96 Å². The van der Waals surface area contributed by atoms with Gasteiger partial charge in [0.2, 0.25) is 5.96 Å². The maximum atomic E-state index is 11.2. The molecule has 1 aromatic carbocycles. The van der Waals surface area contributed by atoms with Gasteiger partial charge in [0.1, 0.15) is 0 Å². The third kappa shape index (κ3) is 3.66. The molecule has 1 atom stereocenters. The third-order valence-corrected chi connectivity index (χ3v) is 3.95. The first-order valence-corrected chi connectivity index (χ1v) is 7.61. The van der Waals surface area contributed by atoms with Crippen LogP contribution in [0, 0.1) is 0 Å². The van der Waals surface area contributed by atoms with Crippen molar-refractivity contribution >= 4 is 23.8 Å². The quantitative estimate of drug-likeness (QED) is 0.841. The van der Waals surface area contributed by atoms with Crippen molar-refractivity contribution in [3.05, 3.63) is 29.8 Å². The van der Waals surface area contributed by atoms with Gasteiger partial charge in [-0.1, -0.05) is 25.1 Å². The van der Waals surface area contributed by atoms with E-state index in [0.717, 1.165) is 18.7 Å². The lowest BCUT2D eigenvalue weighted by Crippen LogP contribution is -2.44. The number of hydrogen-bond donors (Lipinski definition) is 2. The number of carbonyl (C=O) groups excluding carboxylic acids is 1. The maximum Gasteiger partial charge on any atom is 0.413 e. The van der Waals surface area contributed by atoms with Crippen LogP contribution in [0.5, 0.6) is 0 Å². The van der Waals surface area contributed by atoms with E-state index in [1.54, 1.807) is 0 Å². The third-order valence-electron chi connectivity index (χ3n) is 2.98. The number of nitrogens with zero attached hydrogens (tertiary/aromatic N) is 1. The number of amides is 1. The minimum Gasteiger partial charge on any atom is -0.453 e. The van der Waals surface area contributed by atoms with Gasteiger partial charge in [0.15, 0.2) is 0 Å². The molecule has 6 heteroatoms. The number of methoxy groups -OCH3 is 1. The molecule has 0 saturated heterocycles. The van der Waals surface area contributed by atoms with Gasteiger partial charge in [-0.25, -0.2) is 9.79 Å². The van der Waals surface area contributed by atoms with Crippen LogP contribution < -0.4 is 10.6 Å².